The highest BCUT2D eigenvalue weighted by Gasteiger charge is 2.62. The quantitative estimate of drug-likeness (QED) is 0.0901. The molecule has 8 rings (SSSR count). The van der Waals surface area contributed by atoms with Gasteiger partial charge in [-0.1, -0.05) is 51.1 Å². The third-order valence-corrected chi connectivity index (χ3v) is 13.1. The first-order valence-electron chi connectivity index (χ1n) is 19.6. The number of furan rings is 1. The molecule has 13 nitrogen and oxygen atoms in total. The number of benzene rings is 3. The van der Waals surface area contributed by atoms with Gasteiger partial charge in [0.25, 0.3) is 11.8 Å². The van der Waals surface area contributed by atoms with Crippen molar-refractivity contribution in [2.45, 2.75) is 81.6 Å². The van der Waals surface area contributed by atoms with Gasteiger partial charge in [-0.05, 0) is 73.2 Å². The Balaban J connectivity index is 1.15. The van der Waals surface area contributed by atoms with Gasteiger partial charge >= 0.3 is 6.18 Å². The average molecular weight is 863 g/mol. The third-order valence-electron chi connectivity index (χ3n) is 11.3. The van der Waals surface area contributed by atoms with E-state index in [0.717, 1.165) is 12.1 Å². The van der Waals surface area contributed by atoms with Gasteiger partial charge in [-0.25, -0.2) is 17.8 Å². The van der Waals surface area contributed by atoms with Gasteiger partial charge in [0.2, 0.25) is 27.4 Å². The maximum absolute atomic E-state index is 14.8. The largest absolute Gasteiger partial charge is 0.470 e. The number of carbonyl (C=O) groups is 3. The summed E-state index contributed by atoms with van der Waals surface area (Å²) in [6.07, 6.45) is -3.31. The normalized spacial score (nSPS) is 22.1. The Hall–Kier alpha value is -6.04. The van der Waals surface area contributed by atoms with Crippen LogP contribution in [0.1, 0.15) is 52.0 Å². The summed E-state index contributed by atoms with van der Waals surface area (Å²) in [6.45, 7) is 9.01. The molecule has 3 aromatic carbocycles. The van der Waals surface area contributed by atoms with Crippen LogP contribution in [0.2, 0.25) is 0 Å². The van der Waals surface area contributed by atoms with Crippen LogP contribution in [-0.2, 0) is 30.6 Å². The molecule has 0 spiro atoms. The lowest BCUT2D eigenvalue weighted by Gasteiger charge is -2.36. The summed E-state index contributed by atoms with van der Waals surface area (Å²) in [7, 11) is -3.98. The predicted molar refractivity (Wildman–Crippen MR) is 217 cm³/mol. The van der Waals surface area contributed by atoms with Crippen molar-refractivity contribution in [3.63, 3.8) is 0 Å². The number of rotatable bonds is 12. The van der Waals surface area contributed by atoms with Crippen molar-refractivity contribution >= 4 is 55.5 Å². The molecule has 18 heteroatoms. The number of fused-ring (bicyclic) bond motifs is 3. The molecule has 1 saturated heterocycles. The minimum atomic E-state index is -4.57. The number of para-hydroxylation sites is 1. The summed E-state index contributed by atoms with van der Waals surface area (Å²) in [5, 5.41) is 5.82. The summed E-state index contributed by atoms with van der Waals surface area (Å²) in [5.74, 6) is -3.34. The monoisotopic (exact) mass is 862 g/mol. The molecule has 320 valence electrons. The highest BCUT2D eigenvalue weighted by atomic mass is 32.2. The van der Waals surface area contributed by atoms with Crippen LogP contribution in [0.4, 0.5) is 23.2 Å². The molecule has 3 amide bonds. The Bertz CT molecular complexity index is 2660. The maximum Gasteiger partial charge on any atom is 0.416 e. The van der Waals surface area contributed by atoms with Crippen LogP contribution in [-0.4, -0.2) is 76.5 Å². The first kappa shape index (κ1) is 41.7. The number of aromatic nitrogens is 2. The van der Waals surface area contributed by atoms with Gasteiger partial charge in [-0.15, -0.1) is 6.58 Å². The number of anilines is 1. The van der Waals surface area contributed by atoms with Crippen molar-refractivity contribution in [1.29, 1.82) is 0 Å². The number of nitrogens with zero attached hydrogens (tertiary/aromatic N) is 3. The first-order valence-corrected chi connectivity index (χ1v) is 21.2. The summed E-state index contributed by atoms with van der Waals surface area (Å²) >= 11 is 0. The Morgan fingerprint density at radius 3 is 2.31 bits per heavy atom. The van der Waals surface area contributed by atoms with E-state index < -0.39 is 85.6 Å². The molecule has 3 fully saturated rings. The van der Waals surface area contributed by atoms with Crippen molar-refractivity contribution in [2.75, 3.05) is 11.9 Å². The maximum atomic E-state index is 14.8. The predicted octanol–water partition coefficient (Wildman–Crippen LogP) is 6.75. The Morgan fingerprint density at radius 2 is 1.69 bits per heavy atom. The summed E-state index contributed by atoms with van der Waals surface area (Å²) in [6, 6.07) is 14.4. The van der Waals surface area contributed by atoms with Gasteiger partial charge in [0.15, 0.2) is 5.82 Å². The highest BCUT2D eigenvalue weighted by Crippen LogP contribution is 2.46. The SMILES string of the molecule is C=C[C@@H]1CC1(NC(=O)[C@@H]1C[C@@H](Oc2nc(-c3ccc(C(F)(F)F)cc3)nc3c2oc2ccccc23)CN1C(=O)C(Nc1ccc(F)cc1)C(C)(C)C)C(=O)NS(=O)(=O)C1CC1. The summed E-state index contributed by atoms with van der Waals surface area (Å²) < 4.78 is 94.6. The molecule has 3 heterocycles. The Morgan fingerprint density at radius 1 is 1.00 bits per heavy atom. The molecule has 1 aliphatic heterocycles. The topological polar surface area (TPSA) is 173 Å². The zero-order chi connectivity index (χ0) is 43.6. The van der Waals surface area contributed by atoms with Crippen LogP contribution in [0, 0.1) is 17.2 Å². The van der Waals surface area contributed by atoms with E-state index in [1.807, 2.05) is 20.8 Å². The number of amides is 3. The van der Waals surface area contributed by atoms with Crippen LogP contribution in [0.3, 0.4) is 0 Å². The van der Waals surface area contributed by atoms with Crippen LogP contribution in [0.5, 0.6) is 5.88 Å². The average Bonchev–Trinajstić information content (AvgIpc) is 4.11. The fourth-order valence-corrected chi connectivity index (χ4v) is 9.03. The van der Waals surface area contributed by atoms with Gasteiger partial charge in [-0.2, -0.15) is 18.2 Å². The molecule has 5 atom stereocenters. The van der Waals surface area contributed by atoms with Crippen molar-refractivity contribution in [3.8, 4) is 17.3 Å². The van der Waals surface area contributed by atoms with Crippen LogP contribution in [0.25, 0.3) is 33.5 Å². The van der Waals surface area contributed by atoms with Crippen molar-refractivity contribution in [2.24, 2.45) is 11.3 Å². The number of carbonyl (C=O) groups excluding carboxylic acids is 3. The second kappa shape index (κ2) is 15.1. The second-order valence-corrected chi connectivity index (χ2v) is 18.8. The van der Waals surface area contributed by atoms with E-state index in [1.165, 1.54) is 47.4 Å². The third kappa shape index (κ3) is 8.24. The van der Waals surface area contributed by atoms with E-state index >= 15 is 0 Å². The minimum absolute atomic E-state index is 0.0256. The molecule has 2 aliphatic carbocycles. The first-order chi connectivity index (χ1) is 28.8. The van der Waals surface area contributed by atoms with Crippen molar-refractivity contribution in [3.05, 3.63) is 96.8 Å². The van der Waals surface area contributed by atoms with Crippen LogP contribution < -0.4 is 20.1 Å². The van der Waals surface area contributed by atoms with E-state index in [0.29, 0.717) is 35.0 Å². The lowest BCUT2D eigenvalue weighted by atomic mass is 9.85. The molecule has 2 saturated carbocycles. The number of hydrogen-bond donors (Lipinski definition) is 3. The number of hydrogen-bond acceptors (Lipinski definition) is 10. The lowest BCUT2D eigenvalue weighted by Crippen LogP contribution is -2.58. The number of alkyl halides is 3. The smallest absolute Gasteiger partial charge is 0.416 e. The van der Waals surface area contributed by atoms with Crippen molar-refractivity contribution in [1.82, 2.24) is 24.9 Å². The molecule has 2 aromatic heterocycles. The molecule has 0 bridgehead atoms. The van der Waals surface area contributed by atoms with E-state index in [9.17, 15) is 40.4 Å². The van der Waals surface area contributed by atoms with Gasteiger partial charge < -0.3 is 24.7 Å². The molecule has 3 N–H and O–H groups in total. The summed E-state index contributed by atoms with van der Waals surface area (Å²) in [4.78, 5) is 53.5. The molecule has 3 aliphatic rings. The molecular formula is C43H42F4N6O7S. The van der Waals surface area contributed by atoms with Crippen molar-refractivity contribution < 1.29 is 49.5 Å². The molecule has 2 unspecified atom stereocenters. The zero-order valence-electron chi connectivity index (χ0n) is 33.3. The van der Waals surface area contributed by atoms with E-state index in [1.54, 1.807) is 24.3 Å². The van der Waals surface area contributed by atoms with E-state index in [2.05, 4.69) is 31.9 Å². The lowest BCUT2D eigenvalue weighted by molar-refractivity contribution is -0.141. The molecule has 0 radical (unpaired) electrons. The van der Waals surface area contributed by atoms with E-state index in [4.69, 9.17) is 9.15 Å². The number of ether oxygens (including phenoxy) is 1. The molecule has 61 heavy (non-hydrogen) atoms. The van der Waals surface area contributed by atoms with Crippen LogP contribution in [0.15, 0.2) is 89.9 Å². The van der Waals surface area contributed by atoms with E-state index in [-0.39, 0.29) is 42.2 Å². The van der Waals surface area contributed by atoms with Gasteiger partial charge in [0.1, 0.15) is 40.6 Å². The fourth-order valence-electron chi connectivity index (χ4n) is 7.66. The Labute approximate surface area is 348 Å². The number of likely N-dealkylation sites (tertiary alicyclic amines) is 1. The van der Waals surface area contributed by atoms with Gasteiger partial charge in [-0.3, -0.25) is 19.1 Å². The number of halogens is 4. The number of nitrogens with one attached hydrogen (secondary N) is 3. The van der Waals surface area contributed by atoms with Crippen LogP contribution >= 0.6 is 0 Å². The standard InChI is InChI=1S/C43H42F4N6O7S/c1-5-24-21-42(24,40(56)52-61(57,58)29-18-19-29)51-37(54)31-20-28(22-53(31)39(55)35(41(2,3)4)48-27-16-14-26(44)15-17-27)59-38-34-33(30-8-6-7-9-32(30)60-34)49-36(50-38)23-10-12-25(13-11-23)43(45,46)47/h5-17,24,28-29,31,35,48H,1,18-22H2,2-4H3,(H,51,54)(H,52,56)/t24-,28-,31+,35?,42?/m1/s1. The minimum Gasteiger partial charge on any atom is -0.470 e. The molecular weight excluding hydrogens is 821 g/mol. The summed E-state index contributed by atoms with van der Waals surface area (Å²) in [5.41, 5.74) is -1.75. The zero-order valence-corrected chi connectivity index (χ0v) is 34.1. The van der Waals surface area contributed by atoms with Gasteiger partial charge in [0, 0.05) is 29.0 Å². The Kier molecular flexibility index (Phi) is 10.4. The number of sulfonamides is 1. The second-order valence-electron chi connectivity index (χ2n) is 16.8. The fraction of sp³-hybridized carbons (Fsp3) is 0.372. The van der Waals surface area contributed by atoms with Gasteiger partial charge in [0.05, 0.1) is 17.4 Å². The highest BCUT2D eigenvalue weighted by molar-refractivity contribution is 7.91. The molecule has 5 aromatic rings.